The molecule has 0 bridgehead atoms. The molecule has 208 valence electrons. The number of carbonyl (C=O) groups is 1. The number of Topliss-reactive ketones (excluding diaryl/α,β-unsaturated/α-hetero) is 1. The number of ketones is 1. The van der Waals surface area contributed by atoms with E-state index >= 15 is 0 Å². The topological polar surface area (TPSA) is 17.1 Å². The number of carbonyl (C=O) groups excluding carboxylic acids is 1. The fraction of sp³-hybridized carbons (Fsp3) is 0.649. The van der Waals surface area contributed by atoms with Crippen molar-refractivity contribution in [3.8, 4) is 0 Å². The van der Waals surface area contributed by atoms with Crippen molar-refractivity contribution >= 4 is 5.78 Å². The van der Waals surface area contributed by atoms with Crippen LogP contribution in [0.4, 0.5) is 0 Å². The van der Waals surface area contributed by atoms with Crippen LogP contribution in [0.1, 0.15) is 139 Å². The molecule has 0 radical (unpaired) electrons. The second kappa shape index (κ2) is 9.64. The summed E-state index contributed by atoms with van der Waals surface area (Å²) >= 11 is 0. The van der Waals surface area contributed by atoms with Crippen LogP contribution in [0.25, 0.3) is 0 Å². The Morgan fingerprint density at radius 2 is 0.974 bits per heavy atom. The largest absolute Gasteiger partial charge is 0.300 e. The van der Waals surface area contributed by atoms with Crippen molar-refractivity contribution in [1.82, 2.24) is 0 Å². The van der Waals surface area contributed by atoms with Gasteiger partial charge in [-0.3, -0.25) is 4.79 Å². The van der Waals surface area contributed by atoms with Crippen molar-refractivity contribution in [3.05, 3.63) is 68.8 Å². The zero-order valence-electron chi connectivity index (χ0n) is 26.6. The fourth-order valence-corrected chi connectivity index (χ4v) is 7.70. The predicted molar refractivity (Wildman–Crippen MR) is 164 cm³/mol. The summed E-state index contributed by atoms with van der Waals surface area (Å²) in [4.78, 5) is 13.1. The van der Waals surface area contributed by atoms with E-state index in [1.165, 1.54) is 57.3 Å². The molecule has 2 unspecified atom stereocenters. The van der Waals surface area contributed by atoms with Crippen LogP contribution in [-0.4, -0.2) is 5.78 Å². The van der Waals surface area contributed by atoms with Crippen molar-refractivity contribution in [2.45, 2.75) is 143 Å². The van der Waals surface area contributed by atoms with E-state index in [9.17, 15) is 4.79 Å². The summed E-state index contributed by atoms with van der Waals surface area (Å²) in [7, 11) is 0. The highest BCUT2D eigenvalue weighted by atomic mass is 16.1. The standard InChI is InChI=1S/C37H54O/c1-23-17-32-30(34(5,6)21-25(3)36(32,9)10)19-27(23)13-15-29(38)16-14-28-20-31-33(18-24(28)2)37(11,12)26(4)22-35(31,7)8/h17-20,25-26H,13-16,21-22H2,1-12H3. The molecular formula is C37H54O. The van der Waals surface area contributed by atoms with Crippen LogP contribution < -0.4 is 0 Å². The molecular weight excluding hydrogens is 460 g/mol. The van der Waals surface area contributed by atoms with Crippen molar-refractivity contribution in [3.63, 3.8) is 0 Å². The summed E-state index contributed by atoms with van der Waals surface area (Å²) in [6, 6.07) is 9.77. The van der Waals surface area contributed by atoms with Gasteiger partial charge in [0.05, 0.1) is 0 Å². The second-order valence-corrected chi connectivity index (χ2v) is 15.6. The molecule has 0 aliphatic heterocycles. The quantitative estimate of drug-likeness (QED) is 0.375. The van der Waals surface area contributed by atoms with E-state index in [0.29, 0.717) is 30.5 Å². The molecule has 0 heterocycles. The third kappa shape index (κ3) is 5.04. The molecule has 38 heavy (non-hydrogen) atoms. The van der Waals surface area contributed by atoms with Gasteiger partial charge in [-0.25, -0.2) is 0 Å². The smallest absolute Gasteiger partial charge is 0.133 e. The van der Waals surface area contributed by atoms with Crippen LogP contribution in [0.15, 0.2) is 24.3 Å². The Hall–Kier alpha value is -1.89. The van der Waals surface area contributed by atoms with Gasteiger partial charge < -0.3 is 0 Å². The van der Waals surface area contributed by atoms with Gasteiger partial charge in [0.2, 0.25) is 0 Å². The summed E-state index contributed by atoms with van der Waals surface area (Å²) in [5.74, 6) is 1.70. The van der Waals surface area contributed by atoms with Gasteiger partial charge in [0.1, 0.15) is 5.78 Å². The Labute approximate surface area is 234 Å². The number of rotatable bonds is 6. The molecule has 0 amide bonds. The molecule has 2 aromatic rings. The van der Waals surface area contributed by atoms with Crippen molar-refractivity contribution in [1.29, 1.82) is 0 Å². The molecule has 0 spiro atoms. The predicted octanol–water partition coefficient (Wildman–Crippen LogP) is 9.63. The first kappa shape index (κ1) is 29.1. The molecule has 0 saturated heterocycles. The van der Waals surface area contributed by atoms with E-state index in [1.54, 1.807) is 0 Å². The van der Waals surface area contributed by atoms with E-state index in [4.69, 9.17) is 0 Å². The molecule has 2 aliphatic carbocycles. The molecule has 0 fully saturated rings. The maximum Gasteiger partial charge on any atom is 0.133 e. The van der Waals surface area contributed by atoms with Crippen LogP contribution >= 0.6 is 0 Å². The molecule has 0 saturated carbocycles. The lowest BCUT2D eigenvalue weighted by atomic mass is 9.58. The fourth-order valence-electron chi connectivity index (χ4n) is 7.70. The summed E-state index contributed by atoms with van der Waals surface area (Å²) in [6.07, 6.45) is 5.40. The SMILES string of the molecule is Cc1cc2c(cc1CCC(=O)CCc1cc3c(cc1C)C(C)(C)C(C)CC3(C)C)C(C)(C)CC(C)C2(C)C. The van der Waals surface area contributed by atoms with Crippen LogP contribution in [0.3, 0.4) is 0 Å². The van der Waals surface area contributed by atoms with Gasteiger partial charge in [-0.1, -0.05) is 93.5 Å². The highest BCUT2D eigenvalue weighted by molar-refractivity contribution is 5.79. The van der Waals surface area contributed by atoms with E-state index in [2.05, 4.69) is 107 Å². The third-order valence-electron chi connectivity index (χ3n) is 11.2. The number of hydrogen-bond acceptors (Lipinski definition) is 1. The van der Waals surface area contributed by atoms with Gasteiger partial charge in [0, 0.05) is 12.8 Å². The van der Waals surface area contributed by atoms with Gasteiger partial charge in [-0.05, 0) is 118 Å². The Morgan fingerprint density at radius 1 is 0.632 bits per heavy atom. The average molecular weight is 515 g/mol. The van der Waals surface area contributed by atoms with Crippen LogP contribution in [0.2, 0.25) is 0 Å². The van der Waals surface area contributed by atoms with Crippen molar-refractivity contribution < 1.29 is 4.79 Å². The van der Waals surface area contributed by atoms with Gasteiger partial charge in [0.25, 0.3) is 0 Å². The average Bonchev–Trinajstić information content (AvgIpc) is 2.79. The normalized spacial score (nSPS) is 24.4. The number of fused-ring (bicyclic) bond motifs is 2. The summed E-state index contributed by atoms with van der Waals surface area (Å²) in [5, 5.41) is 0. The molecule has 2 aromatic carbocycles. The lowest BCUT2D eigenvalue weighted by Crippen LogP contribution is -2.40. The van der Waals surface area contributed by atoms with Gasteiger partial charge in [-0.2, -0.15) is 0 Å². The van der Waals surface area contributed by atoms with Crippen LogP contribution in [-0.2, 0) is 39.3 Å². The van der Waals surface area contributed by atoms with Crippen molar-refractivity contribution in [2.24, 2.45) is 11.8 Å². The zero-order valence-corrected chi connectivity index (χ0v) is 26.6. The molecule has 2 atom stereocenters. The number of aryl methyl sites for hydroxylation is 4. The number of hydrogen-bond donors (Lipinski definition) is 0. The van der Waals surface area contributed by atoms with E-state index in [1.807, 2.05) is 0 Å². The molecule has 0 aromatic heterocycles. The van der Waals surface area contributed by atoms with Gasteiger partial charge >= 0.3 is 0 Å². The third-order valence-corrected chi connectivity index (χ3v) is 11.2. The van der Waals surface area contributed by atoms with Gasteiger partial charge in [-0.15, -0.1) is 0 Å². The Kier molecular flexibility index (Phi) is 7.38. The maximum absolute atomic E-state index is 13.1. The first-order valence-corrected chi connectivity index (χ1v) is 15.2. The molecule has 1 heteroatoms. The summed E-state index contributed by atoms with van der Waals surface area (Å²) in [6.45, 7) is 28.5. The minimum absolute atomic E-state index is 0.181. The van der Waals surface area contributed by atoms with Crippen LogP contribution in [0.5, 0.6) is 0 Å². The molecule has 0 N–H and O–H groups in total. The lowest BCUT2D eigenvalue weighted by Gasteiger charge is -2.47. The van der Waals surface area contributed by atoms with E-state index in [-0.39, 0.29) is 21.7 Å². The molecule has 2 aliphatic rings. The lowest BCUT2D eigenvalue weighted by molar-refractivity contribution is -0.119. The highest BCUT2D eigenvalue weighted by Crippen LogP contribution is 2.51. The highest BCUT2D eigenvalue weighted by Gasteiger charge is 2.43. The maximum atomic E-state index is 13.1. The Morgan fingerprint density at radius 3 is 1.32 bits per heavy atom. The molecule has 1 nitrogen and oxygen atoms in total. The summed E-state index contributed by atoms with van der Waals surface area (Å²) < 4.78 is 0. The van der Waals surface area contributed by atoms with E-state index in [0.717, 1.165) is 12.8 Å². The minimum atomic E-state index is 0.181. The Bertz CT molecular complexity index is 1140. The summed E-state index contributed by atoms with van der Waals surface area (Å²) in [5.41, 5.74) is 12.2. The second-order valence-electron chi connectivity index (χ2n) is 15.6. The van der Waals surface area contributed by atoms with Gasteiger partial charge in [0.15, 0.2) is 0 Å². The zero-order chi connectivity index (χ0) is 28.4. The van der Waals surface area contributed by atoms with Crippen LogP contribution in [0, 0.1) is 25.7 Å². The Balaban J connectivity index is 1.48. The minimum Gasteiger partial charge on any atom is -0.300 e. The monoisotopic (exact) mass is 514 g/mol. The first-order chi connectivity index (χ1) is 17.4. The first-order valence-electron chi connectivity index (χ1n) is 15.2. The van der Waals surface area contributed by atoms with E-state index < -0.39 is 0 Å². The van der Waals surface area contributed by atoms with Crippen molar-refractivity contribution in [2.75, 3.05) is 0 Å². The molecule has 4 rings (SSSR count). The number of benzene rings is 2.